The topological polar surface area (TPSA) is 76.9 Å². The highest BCUT2D eigenvalue weighted by Gasteiger charge is 2.21. The van der Waals surface area contributed by atoms with E-state index in [0.717, 1.165) is 11.1 Å². The number of hydrogen-bond donors (Lipinski definition) is 1. The van der Waals surface area contributed by atoms with Crippen LogP contribution in [0.5, 0.6) is 0 Å². The van der Waals surface area contributed by atoms with Crippen LogP contribution in [0.25, 0.3) is 0 Å². The Bertz CT molecular complexity index is 955. The summed E-state index contributed by atoms with van der Waals surface area (Å²) in [5, 5.41) is 4.22. The molecule has 0 atom stereocenters. The largest absolute Gasteiger partial charge is 0.249 e. The van der Waals surface area contributed by atoms with E-state index in [2.05, 4.69) is 14.8 Å². The minimum atomic E-state index is -3.82. The number of aromatic nitrogens is 3. The van der Waals surface area contributed by atoms with Gasteiger partial charge in [-0.05, 0) is 23.3 Å². The van der Waals surface area contributed by atoms with Gasteiger partial charge in [0.1, 0.15) is 17.6 Å². The van der Waals surface area contributed by atoms with Crippen molar-refractivity contribution < 1.29 is 8.42 Å². The molecule has 0 radical (unpaired) electrons. The van der Waals surface area contributed by atoms with Gasteiger partial charge in [0.15, 0.2) is 0 Å². The molecule has 130 valence electrons. The zero-order valence-corrected chi connectivity index (χ0v) is 15.3. The molecule has 0 saturated heterocycles. The van der Waals surface area contributed by atoms with Crippen LogP contribution in [-0.2, 0) is 23.1 Å². The Morgan fingerprint density at radius 1 is 1.04 bits per heavy atom. The third-order valence-electron chi connectivity index (χ3n) is 3.46. The van der Waals surface area contributed by atoms with Crippen molar-refractivity contribution in [3.63, 3.8) is 0 Å². The van der Waals surface area contributed by atoms with Crippen molar-refractivity contribution in [2.45, 2.75) is 18.0 Å². The molecule has 2 aromatic carbocycles. The van der Waals surface area contributed by atoms with Gasteiger partial charge in [-0.3, -0.25) is 0 Å². The smallest absolute Gasteiger partial charge is 0.243 e. The summed E-state index contributed by atoms with van der Waals surface area (Å²) in [5.74, 6) is 0. The maximum atomic E-state index is 12.5. The summed E-state index contributed by atoms with van der Waals surface area (Å²) in [6, 6.07) is 12.1. The molecule has 0 fully saturated rings. The number of nitrogens with one attached hydrogen (secondary N) is 1. The van der Waals surface area contributed by atoms with Gasteiger partial charge >= 0.3 is 0 Å². The Morgan fingerprint density at radius 3 is 2.40 bits per heavy atom. The minimum Gasteiger partial charge on any atom is -0.249 e. The van der Waals surface area contributed by atoms with Gasteiger partial charge in [-0.2, -0.15) is 5.10 Å². The molecule has 1 aromatic heterocycles. The summed E-state index contributed by atoms with van der Waals surface area (Å²) in [7, 11) is -3.82. The average Bonchev–Trinajstić information content (AvgIpc) is 3.06. The van der Waals surface area contributed by atoms with Crippen molar-refractivity contribution in [1.82, 2.24) is 19.5 Å². The molecule has 0 unspecified atom stereocenters. The molecule has 0 bridgehead atoms. The zero-order valence-electron chi connectivity index (χ0n) is 12.9. The zero-order chi connectivity index (χ0) is 17.9. The molecule has 1 heterocycles. The van der Waals surface area contributed by atoms with Crippen LogP contribution >= 0.6 is 23.2 Å². The third-order valence-corrected chi connectivity index (χ3v) is 5.81. The molecule has 3 aromatic rings. The lowest BCUT2D eigenvalue weighted by Crippen LogP contribution is -2.24. The van der Waals surface area contributed by atoms with Crippen molar-refractivity contribution in [2.75, 3.05) is 0 Å². The van der Waals surface area contributed by atoms with E-state index in [9.17, 15) is 8.42 Å². The minimum absolute atomic E-state index is 0.0833. The maximum absolute atomic E-state index is 12.5. The Balaban J connectivity index is 1.75. The van der Waals surface area contributed by atoms with Crippen LogP contribution < -0.4 is 4.72 Å². The summed E-state index contributed by atoms with van der Waals surface area (Å²) in [5.41, 5.74) is 1.79. The lowest BCUT2D eigenvalue weighted by molar-refractivity contribution is 0.581. The van der Waals surface area contributed by atoms with Gasteiger partial charge in [0, 0.05) is 6.54 Å². The highest BCUT2D eigenvalue weighted by atomic mass is 35.5. The number of sulfonamides is 1. The molecule has 6 nitrogen and oxygen atoms in total. The number of hydrogen-bond acceptors (Lipinski definition) is 4. The van der Waals surface area contributed by atoms with Crippen molar-refractivity contribution >= 4 is 33.2 Å². The highest BCUT2D eigenvalue weighted by molar-refractivity contribution is 7.89. The molecular formula is C16H14Cl2N4O2S. The van der Waals surface area contributed by atoms with Crippen LogP contribution in [0.3, 0.4) is 0 Å². The molecule has 0 spiro atoms. The predicted octanol–water partition coefficient (Wildman–Crippen LogP) is 3.11. The molecular weight excluding hydrogens is 383 g/mol. The number of benzene rings is 2. The second-order valence-corrected chi connectivity index (χ2v) is 7.81. The Morgan fingerprint density at radius 2 is 1.72 bits per heavy atom. The molecule has 0 aliphatic rings. The lowest BCUT2D eigenvalue weighted by Gasteiger charge is -2.11. The fourth-order valence-corrected chi connectivity index (χ4v) is 4.49. The lowest BCUT2D eigenvalue weighted by atomic mass is 10.1. The van der Waals surface area contributed by atoms with E-state index in [1.807, 2.05) is 24.3 Å². The first kappa shape index (κ1) is 17.9. The second-order valence-electron chi connectivity index (χ2n) is 5.29. The van der Waals surface area contributed by atoms with E-state index in [0.29, 0.717) is 6.54 Å². The summed E-state index contributed by atoms with van der Waals surface area (Å²) in [6.07, 6.45) is 3.08. The van der Waals surface area contributed by atoms with E-state index in [4.69, 9.17) is 23.2 Å². The van der Waals surface area contributed by atoms with Crippen LogP contribution in [-0.4, -0.2) is 23.2 Å². The Hall–Kier alpha value is -1.93. The summed E-state index contributed by atoms with van der Waals surface area (Å²) in [4.78, 5) is 3.78. The summed E-state index contributed by atoms with van der Waals surface area (Å²) in [6.45, 7) is 0.673. The van der Waals surface area contributed by atoms with E-state index >= 15 is 0 Å². The number of rotatable bonds is 6. The summed E-state index contributed by atoms with van der Waals surface area (Å²) >= 11 is 12.0. The van der Waals surface area contributed by atoms with Crippen molar-refractivity contribution in [3.8, 4) is 0 Å². The molecule has 25 heavy (non-hydrogen) atoms. The first-order valence-electron chi connectivity index (χ1n) is 7.29. The normalized spacial score (nSPS) is 11.6. The quantitative estimate of drug-likeness (QED) is 0.694. The van der Waals surface area contributed by atoms with Crippen LogP contribution in [0, 0.1) is 0 Å². The van der Waals surface area contributed by atoms with Gasteiger partial charge in [0.05, 0.1) is 16.6 Å². The van der Waals surface area contributed by atoms with E-state index in [-0.39, 0.29) is 21.5 Å². The second kappa shape index (κ2) is 7.53. The van der Waals surface area contributed by atoms with E-state index < -0.39 is 10.0 Å². The van der Waals surface area contributed by atoms with Gasteiger partial charge < -0.3 is 0 Å². The third kappa shape index (κ3) is 4.38. The number of nitrogens with zero attached hydrogens (tertiary/aromatic N) is 3. The highest BCUT2D eigenvalue weighted by Crippen LogP contribution is 2.28. The average molecular weight is 397 g/mol. The molecule has 0 amide bonds. The van der Waals surface area contributed by atoms with Gasteiger partial charge in [-0.15, -0.1) is 0 Å². The predicted molar refractivity (Wildman–Crippen MR) is 96.1 cm³/mol. The first-order chi connectivity index (χ1) is 12.0. The van der Waals surface area contributed by atoms with E-state index in [1.54, 1.807) is 17.1 Å². The van der Waals surface area contributed by atoms with Gasteiger partial charge in [0.2, 0.25) is 10.0 Å². The SMILES string of the molecule is O=S(=O)(NCc1cccc(Cn2cncn2)c1)c1c(Cl)cccc1Cl. The molecule has 0 aliphatic heterocycles. The van der Waals surface area contributed by atoms with Crippen molar-refractivity contribution in [2.24, 2.45) is 0 Å². The first-order valence-corrected chi connectivity index (χ1v) is 9.53. The van der Waals surface area contributed by atoms with Crippen LogP contribution in [0.15, 0.2) is 60.0 Å². The molecule has 0 saturated carbocycles. The van der Waals surface area contributed by atoms with Crippen LogP contribution in [0.2, 0.25) is 10.0 Å². The summed E-state index contributed by atoms with van der Waals surface area (Å²) < 4.78 is 29.2. The monoisotopic (exact) mass is 396 g/mol. The molecule has 1 N–H and O–H groups in total. The standard InChI is InChI=1S/C16H14Cl2N4O2S/c17-14-5-2-6-15(18)16(14)25(23,24)21-8-12-3-1-4-13(7-12)9-22-11-19-10-20-22/h1-7,10-11,21H,8-9H2. The molecule has 0 aliphatic carbocycles. The molecule has 3 rings (SSSR count). The van der Waals surface area contributed by atoms with Gasteiger partial charge in [-0.1, -0.05) is 53.5 Å². The van der Waals surface area contributed by atoms with Gasteiger partial charge in [0.25, 0.3) is 0 Å². The van der Waals surface area contributed by atoms with Crippen molar-refractivity contribution in [1.29, 1.82) is 0 Å². The fourth-order valence-electron chi connectivity index (χ4n) is 2.33. The maximum Gasteiger partial charge on any atom is 0.243 e. The Labute approximate surface area is 155 Å². The number of halogens is 2. The molecule has 9 heteroatoms. The van der Waals surface area contributed by atoms with Crippen LogP contribution in [0.1, 0.15) is 11.1 Å². The van der Waals surface area contributed by atoms with Crippen molar-refractivity contribution in [3.05, 3.63) is 76.3 Å². The van der Waals surface area contributed by atoms with Crippen LogP contribution in [0.4, 0.5) is 0 Å². The fraction of sp³-hybridized carbons (Fsp3) is 0.125. The van der Waals surface area contributed by atoms with E-state index in [1.165, 1.54) is 18.5 Å². The van der Waals surface area contributed by atoms with Gasteiger partial charge in [-0.25, -0.2) is 22.8 Å². The Kier molecular flexibility index (Phi) is 5.39.